The number of amides is 1. The first-order valence-electron chi connectivity index (χ1n) is 28.8. The van der Waals surface area contributed by atoms with E-state index in [1.54, 1.807) is 6.08 Å². The van der Waals surface area contributed by atoms with Crippen molar-refractivity contribution in [1.29, 1.82) is 0 Å². The lowest BCUT2D eigenvalue weighted by Gasteiger charge is -2.41. The van der Waals surface area contributed by atoms with Crippen molar-refractivity contribution in [3.8, 4) is 0 Å². The second-order valence-electron chi connectivity index (χ2n) is 19.3. The first kappa shape index (κ1) is 68.1. The maximum Gasteiger partial charge on any atom is 0.306 e. The van der Waals surface area contributed by atoms with Gasteiger partial charge in [0.25, 0.3) is 0 Å². The van der Waals surface area contributed by atoms with Gasteiger partial charge in [-0.3, -0.25) is 9.59 Å². The van der Waals surface area contributed by atoms with Crippen LogP contribution in [0.1, 0.15) is 201 Å². The minimum Gasteiger partial charge on any atom is -0.454 e. The number of ether oxygens (including phenoxy) is 3. The van der Waals surface area contributed by atoms with Crippen molar-refractivity contribution < 1.29 is 49.3 Å². The van der Waals surface area contributed by atoms with E-state index in [0.29, 0.717) is 19.3 Å². The van der Waals surface area contributed by atoms with Crippen LogP contribution in [0.15, 0.2) is 122 Å². The summed E-state index contributed by atoms with van der Waals surface area (Å²) < 4.78 is 17.5. The number of nitrogens with one attached hydrogen (secondary N) is 1. The smallest absolute Gasteiger partial charge is 0.306 e. The van der Waals surface area contributed by atoms with Gasteiger partial charge in [-0.15, -0.1) is 0 Å². The zero-order valence-corrected chi connectivity index (χ0v) is 46.2. The highest BCUT2D eigenvalue weighted by Crippen LogP contribution is 2.26. The van der Waals surface area contributed by atoms with Gasteiger partial charge in [0.1, 0.15) is 24.4 Å². The number of aliphatic hydroxyl groups is 5. The van der Waals surface area contributed by atoms with Crippen LogP contribution in [0.25, 0.3) is 0 Å². The summed E-state index contributed by atoms with van der Waals surface area (Å²) in [6, 6.07) is -1.05. The van der Waals surface area contributed by atoms with Crippen LogP contribution in [0.3, 0.4) is 0 Å². The van der Waals surface area contributed by atoms with Crippen molar-refractivity contribution >= 4 is 11.9 Å². The van der Waals surface area contributed by atoms with Gasteiger partial charge in [-0.1, -0.05) is 232 Å². The lowest BCUT2D eigenvalue weighted by molar-refractivity contribution is -0.305. The predicted molar refractivity (Wildman–Crippen MR) is 305 cm³/mol. The van der Waals surface area contributed by atoms with Gasteiger partial charge in [0.05, 0.1) is 25.4 Å². The zero-order chi connectivity index (χ0) is 54.0. The fourth-order valence-electron chi connectivity index (χ4n) is 8.15. The molecular weight excluding hydrogens is 931 g/mol. The van der Waals surface area contributed by atoms with Gasteiger partial charge in [0.2, 0.25) is 5.91 Å². The Morgan fingerprint density at radius 1 is 0.554 bits per heavy atom. The molecule has 11 nitrogen and oxygen atoms in total. The van der Waals surface area contributed by atoms with Gasteiger partial charge < -0.3 is 45.1 Å². The lowest BCUT2D eigenvalue weighted by Crippen LogP contribution is -2.61. The van der Waals surface area contributed by atoms with Crippen LogP contribution in [0.4, 0.5) is 0 Å². The Morgan fingerprint density at radius 2 is 1.04 bits per heavy atom. The molecule has 1 heterocycles. The molecule has 74 heavy (non-hydrogen) atoms. The van der Waals surface area contributed by atoms with Crippen LogP contribution in [0.5, 0.6) is 0 Å². The van der Waals surface area contributed by atoms with Crippen LogP contribution >= 0.6 is 0 Å². The number of aliphatic hydroxyl groups excluding tert-OH is 5. The highest BCUT2D eigenvalue weighted by molar-refractivity contribution is 5.80. The average Bonchev–Trinajstić information content (AvgIpc) is 3.40. The summed E-state index contributed by atoms with van der Waals surface area (Å²) in [5.41, 5.74) is 0. The number of hydrogen-bond donors (Lipinski definition) is 6. The van der Waals surface area contributed by atoms with Gasteiger partial charge >= 0.3 is 5.97 Å². The fraction of sp³-hybridized carbons (Fsp3) is 0.651. The molecule has 1 aliphatic heterocycles. The molecule has 0 bridgehead atoms. The van der Waals surface area contributed by atoms with Crippen LogP contribution < -0.4 is 5.32 Å². The molecule has 0 saturated carbocycles. The van der Waals surface area contributed by atoms with E-state index in [0.717, 1.165) is 103 Å². The number of allylic oxidation sites excluding steroid dienone is 19. The van der Waals surface area contributed by atoms with E-state index in [-0.39, 0.29) is 19.4 Å². The highest BCUT2D eigenvalue weighted by atomic mass is 16.7. The fourth-order valence-corrected chi connectivity index (χ4v) is 8.15. The van der Waals surface area contributed by atoms with Crippen LogP contribution in [0.2, 0.25) is 0 Å². The molecular formula is C63H103NO10. The molecule has 8 unspecified atom stereocenters. The van der Waals surface area contributed by atoms with E-state index in [4.69, 9.17) is 14.2 Å². The minimum absolute atomic E-state index is 0.00993. The van der Waals surface area contributed by atoms with Crippen molar-refractivity contribution in [2.75, 3.05) is 13.2 Å². The van der Waals surface area contributed by atoms with E-state index in [1.807, 2.05) is 30.4 Å². The minimum atomic E-state index is -1.65. The number of rotatable bonds is 46. The molecule has 1 aliphatic rings. The highest BCUT2D eigenvalue weighted by Gasteiger charge is 2.47. The molecule has 0 radical (unpaired) electrons. The van der Waals surface area contributed by atoms with Gasteiger partial charge in [0.15, 0.2) is 12.4 Å². The summed E-state index contributed by atoms with van der Waals surface area (Å²) in [6.07, 6.45) is 58.2. The zero-order valence-electron chi connectivity index (χ0n) is 46.2. The summed E-state index contributed by atoms with van der Waals surface area (Å²) in [5.74, 6) is -1.31. The Bertz CT molecular complexity index is 1660. The van der Waals surface area contributed by atoms with Crippen molar-refractivity contribution in [2.45, 2.75) is 250 Å². The number of hydrogen-bond acceptors (Lipinski definition) is 10. The summed E-state index contributed by atoms with van der Waals surface area (Å²) >= 11 is 0. The Kier molecular flexibility index (Phi) is 45.9. The third-order valence-corrected chi connectivity index (χ3v) is 12.7. The average molecular weight is 1030 g/mol. The third kappa shape index (κ3) is 37.7. The summed E-state index contributed by atoms with van der Waals surface area (Å²) in [5, 5.41) is 56.8. The van der Waals surface area contributed by atoms with Crippen molar-refractivity contribution in [3.05, 3.63) is 122 Å². The molecule has 1 saturated heterocycles. The van der Waals surface area contributed by atoms with Crippen LogP contribution in [-0.4, -0.2) is 99.6 Å². The van der Waals surface area contributed by atoms with E-state index < -0.39 is 67.4 Å². The number of carbonyl (C=O) groups is 2. The SMILES string of the molecule is CC/C=C\C/C=C\C/C=C\C/C=C\C/C=C\C/C=C\CCC(=O)OC1C(OCC(NC(=O)C(O)CCCCCCCC/C=C/C=C/C=C/CC)C(O)/C=C/CCCCCCCCCCCC)OC(CO)C(O)C1O. The molecule has 0 aromatic heterocycles. The summed E-state index contributed by atoms with van der Waals surface area (Å²) in [7, 11) is 0. The molecule has 6 N–H and O–H groups in total. The predicted octanol–water partition coefficient (Wildman–Crippen LogP) is 13.1. The summed E-state index contributed by atoms with van der Waals surface area (Å²) in [6.45, 7) is 5.47. The molecule has 0 aliphatic carbocycles. The standard InChI is InChI=1S/C63H103NO10/c1-4-7-10-13-16-19-22-25-27-28-29-30-31-33-36-39-42-45-48-51-58(68)74-61-60(70)59(69)57(52-65)73-63(61)72-53-54(55(66)49-46-43-40-37-34-24-21-18-15-12-9-6-3)64-62(71)56(67)50-47-44-41-38-35-32-26-23-20-17-14-11-8-5-2/h7-8,10-11,14,16-17,19-20,23,25,27,29-30,33,36,42,45-46,49,54-57,59-61,63,65-67,69-70H,4-6,9,12-13,15,18,21-22,24,26,28,31-32,34-35,37-41,43-44,47-48,50-53H2,1-3H3,(H,64,71)/b10-7-,11-8+,17-14+,19-16-,23-20+,27-25-,30-29-,36-33-,45-42-,49-46+. The van der Waals surface area contributed by atoms with Gasteiger partial charge in [0, 0.05) is 6.42 Å². The topological polar surface area (TPSA) is 175 Å². The second kappa shape index (κ2) is 49.9. The molecule has 0 aromatic rings. The Morgan fingerprint density at radius 3 is 1.58 bits per heavy atom. The Balaban J connectivity index is 2.78. The maximum atomic E-state index is 13.4. The molecule has 1 rings (SSSR count). The number of unbranched alkanes of at least 4 members (excludes halogenated alkanes) is 16. The molecule has 1 amide bonds. The molecule has 1 fully saturated rings. The van der Waals surface area contributed by atoms with E-state index in [9.17, 15) is 35.1 Å². The Labute approximate surface area is 449 Å². The van der Waals surface area contributed by atoms with Crippen molar-refractivity contribution in [1.82, 2.24) is 5.32 Å². The number of esters is 1. The van der Waals surface area contributed by atoms with Gasteiger partial charge in [-0.25, -0.2) is 0 Å². The molecule has 11 heteroatoms. The van der Waals surface area contributed by atoms with E-state index in [1.165, 1.54) is 44.9 Å². The van der Waals surface area contributed by atoms with Crippen molar-refractivity contribution in [2.24, 2.45) is 0 Å². The monoisotopic (exact) mass is 1030 g/mol. The number of carbonyl (C=O) groups excluding carboxylic acids is 2. The first-order chi connectivity index (χ1) is 36.2. The van der Waals surface area contributed by atoms with E-state index >= 15 is 0 Å². The quantitative estimate of drug-likeness (QED) is 0.0149. The lowest BCUT2D eigenvalue weighted by atomic mass is 9.99. The summed E-state index contributed by atoms with van der Waals surface area (Å²) in [4.78, 5) is 26.4. The maximum absolute atomic E-state index is 13.4. The first-order valence-corrected chi connectivity index (χ1v) is 28.8. The molecule has 420 valence electrons. The van der Waals surface area contributed by atoms with Gasteiger partial charge in [-0.2, -0.15) is 0 Å². The molecule has 0 spiro atoms. The normalized spacial score (nSPS) is 20.2. The third-order valence-electron chi connectivity index (χ3n) is 12.7. The van der Waals surface area contributed by atoms with Crippen LogP contribution in [0, 0.1) is 0 Å². The van der Waals surface area contributed by atoms with Crippen molar-refractivity contribution in [3.63, 3.8) is 0 Å². The van der Waals surface area contributed by atoms with Crippen LogP contribution in [-0.2, 0) is 23.8 Å². The molecule has 8 atom stereocenters. The largest absolute Gasteiger partial charge is 0.454 e. The molecule has 0 aromatic carbocycles. The van der Waals surface area contributed by atoms with E-state index in [2.05, 4.69) is 111 Å². The van der Waals surface area contributed by atoms with Gasteiger partial charge in [-0.05, 0) is 83.5 Å². The Hall–Kier alpha value is -3.94. The second-order valence-corrected chi connectivity index (χ2v) is 19.3.